The van der Waals surface area contributed by atoms with Crippen LogP contribution in [0.3, 0.4) is 0 Å². The quantitative estimate of drug-likeness (QED) is 0.627. The molecule has 1 aliphatic heterocycles. The molecule has 172 valence electrons. The van der Waals surface area contributed by atoms with Crippen LogP contribution in [-0.2, 0) is 0 Å². The van der Waals surface area contributed by atoms with Crippen molar-refractivity contribution in [3.05, 3.63) is 59.8 Å². The lowest BCUT2D eigenvalue weighted by Gasteiger charge is -2.23. The van der Waals surface area contributed by atoms with Crippen molar-refractivity contribution in [2.45, 2.75) is 13.3 Å². The van der Waals surface area contributed by atoms with E-state index in [1.54, 1.807) is 7.11 Å². The zero-order chi connectivity index (χ0) is 23.1. The number of aryl methyl sites for hydroxylation is 1. The van der Waals surface area contributed by atoms with Gasteiger partial charge in [-0.2, -0.15) is 0 Å². The Kier molecular flexibility index (Phi) is 5.81. The molecule has 5 rings (SSSR count). The van der Waals surface area contributed by atoms with Gasteiger partial charge in [-0.1, -0.05) is 18.2 Å². The van der Waals surface area contributed by atoms with Crippen molar-refractivity contribution >= 4 is 16.7 Å². The van der Waals surface area contributed by atoms with Gasteiger partial charge in [0.2, 0.25) is 5.88 Å². The minimum Gasteiger partial charge on any atom is -0.481 e. The highest BCUT2D eigenvalue weighted by molar-refractivity contribution is 5.99. The number of fused-ring (bicyclic) bond motifs is 2. The first-order chi connectivity index (χ1) is 16.0. The van der Waals surface area contributed by atoms with Crippen molar-refractivity contribution < 1.29 is 19.7 Å². The van der Waals surface area contributed by atoms with Gasteiger partial charge in [0, 0.05) is 49.7 Å². The molecule has 2 N–H and O–H groups in total. The van der Waals surface area contributed by atoms with Gasteiger partial charge in [-0.15, -0.1) is 0 Å². The highest BCUT2D eigenvalue weighted by Crippen LogP contribution is 2.45. The number of likely N-dealkylation sites (tertiary alicyclic amines) is 1. The van der Waals surface area contributed by atoms with E-state index in [4.69, 9.17) is 4.74 Å². The summed E-state index contributed by atoms with van der Waals surface area (Å²) < 4.78 is 5.21. The topological polar surface area (TPSA) is 82.9 Å². The normalized spacial score (nSPS) is 24.3. The van der Waals surface area contributed by atoms with Gasteiger partial charge in [0.05, 0.1) is 7.11 Å². The summed E-state index contributed by atoms with van der Waals surface area (Å²) in [6.07, 6.45) is 2.72. The smallest absolute Gasteiger partial charge is 0.253 e. The lowest BCUT2D eigenvalue weighted by Crippen LogP contribution is -2.32. The number of aliphatic hydroxyl groups excluding tert-OH is 2. The molecule has 4 atom stereocenters. The molecular weight excluding hydrogens is 416 g/mol. The van der Waals surface area contributed by atoms with E-state index in [1.165, 1.54) is 0 Å². The number of aromatic nitrogens is 1. The van der Waals surface area contributed by atoms with Crippen LogP contribution in [-0.4, -0.2) is 59.4 Å². The van der Waals surface area contributed by atoms with Gasteiger partial charge < -0.3 is 19.8 Å². The number of ether oxygens (including phenoxy) is 1. The zero-order valence-electron chi connectivity index (χ0n) is 19.1. The SMILES string of the molecule is COc1cc(C)c(-c2ccc3cc(C(=O)N4C[C@@H]5C[C@H](CO)[C@H](CO)[C@@H]5C4)ccc3c2)cn1. The number of aliphatic hydroxyl groups is 2. The fraction of sp³-hybridized carbons (Fsp3) is 0.407. The molecule has 0 bridgehead atoms. The molecule has 1 saturated carbocycles. The van der Waals surface area contributed by atoms with E-state index in [-0.39, 0.29) is 36.9 Å². The largest absolute Gasteiger partial charge is 0.481 e. The Morgan fingerprint density at radius 1 is 1.09 bits per heavy atom. The third-order valence-corrected chi connectivity index (χ3v) is 7.68. The average molecular weight is 447 g/mol. The minimum absolute atomic E-state index is 0.0443. The van der Waals surface area contributed by atoms with Gasteiger partial charge in [0.25, 0.3) is 5.91 Å². The van der Waals surface area contributed by atoms with Crippen LogP contribution in [0.5, 0.6) is 5.88 Å². The summed E-state index contributed by atoms with van der Waals surface area (Å²) in [5, 5.41) is 21.5. The fourth-order valence-electron chi connectivity index (χ4n) is 5.88. The Hall–Kier alpha value is -2.96. The number of hydrogen-bond donors (Lipinski definition) is 2. The predicted octanol–water partition coefficient (Wildman–Crippen LogP) is 3.53. The van der Waals surface area contributed by atoms with Crippen molar-refractivity contribution in [3.8, 4) is 17.0 Å². The maximum absolute atomic E-state index is 13.3. The van der Waals surface area contributed by atoms with E-state index < -0.39 is 0 Å². The van der Waals surface area contributed by atoms with Crippen LogP contribution in [0, 0.1) is 30.6 Å². The summed E-state index contributed by atoms with van der Waals surface area (Å²) in [6, 6.07) is 14.0. The summed E-state index contributed by atoms with van der Waals surface area (Å²) in [6.45, 7) is 3.60. The van der Waals surface area contributed by atoms with Crippen LogP contribution in [0.1, 0.15) is 22.3 Å². The fourth-order valence-corrected chi connectivity index (χ4v) is 5.88. The van der Waals surface area contributed by atoms with Crippen LogP contribution in [0.25, 0.3) is 21.9 Å². The number of amides is 1. The molecule has 0 spiro atoms. The first kappa shape index (κ1) is 21.9. The number of benzene rings is 2. The van der Waals surface area contributed by atoms with Gasteiger partial charge in [-0.25, -0.2) is 4.98 Å². The molecule has 2 heterocycles. The van der Waals surface area contributed by atoms with Crippen LogP contribution in [0.4, 0.5) is 0 Å². The van der Waals surface area contributed by atoms with E-state index in [1.807, 2.05) is 42.3 Å². The molecule has 1 amide bonds. The average Bonchev–Trinajstić information content (AvgIpc) is 3.40. The monoisotopic (exact) mass is 446 g/mol. The van der Waals surface area contributed by atoms with E-state index in [0.717, 1.165) is 33.9 Å². The van der Waals surface area contributed by atoms with Crippen LogP contribution in [0.15, 0.2) is 48.7 Å². The molecule has 0 unspecified atom stereocenters. The lowest BCUT2D eigenvalue weighted by molar-refractivity contribution is 0.0738. The molecular formula is C27H30N2O4. The second-order valence-corrected chi connectivity index (χ2v) is 9.48. The molecule has 6 nitrogen and oxygen atoms in total. The maximum atomic E-state index is 13.3. The molecule has 1 aromatic heterocycles. The standard InChI is InChI=1S/C27H30N2O4/c1-16-7-26(33-2)28-11-23(16)19-5-3-18-9-20(6-4-17(18)8-19)27(32)29-12-21-10-22(14-30)25(15-31)24(21)13-29/h3-9,11,21-22,24-25,30-31H,10,12-15H2,1-2H3/t21-,22+,24+,25-/m0/s1. The molecule has 1 saturated heterocycles. The molecule has 1 aliphatic carbocycles. The summed E-state index contributed by atoms with van der Waals surface area (Å²) in [4.78, 5) is 19.5. The van der Waals surface area contributed by atoms with Crippen LogP contribution < -0.4 is 4.74 Å². The second-order valence-electron chi connectivity index (χ2n) is 9.48. The van der Waals surface area contributed by atoms with Gasteiger partial charge in [0.1, 0.15) is 0 Å². The first-order valence-corrected chi connectivity index (χ1v) is 11.6. The molecule has 2 aromatic carbocycles. The Balaban J connectivity index is 1.36. The summed E-state index contributed by atoms with van der Waals surface area (Å²) >= 11 is 0. The number of nitrogens with zero attached hydrogens (tertiary/aromatic N) is 2. The number of methoxy groups -OCH3 is 1. The number of hydrogen-bond acceptors (Lipinski definition) is 5. The van der Waals surface area contributed by atoms with Gasteiger partial charge in [-0.05, 0) is 77.1 Å². The molecule has 6 heteroatoms. The summed E-state index contributed by atoms with van der Waals surface area (Å²) in [5.74, 6) is 1.53. The zero-order valence-corrected chi connectivity index (χ0v) is 19.1. The van der Waals surface area contributed by atoms with E-state index in [2.05, 4.69) is 23.2 Å². The van der Waals surface area contributed by atoms with Crippen molar-refractivity contribution in [2.75, 3.05) is 33.4 Å². The predicted molar refractivity (Wildman–Crippen MR) is 127 cm³/mol. The molecule has 3 aromatic rings. The van der Waals surface area contributed by atoms with Gasteiger partial charge in [-0.3, -0.25) is 4.79 Å². The Bertz CT molecular complexity index is 1190. The summed E-state index contributed by atoms with van der Waals surface area (Å²) in [7, 11) is 1.61. The van der Waals surface area contributed by atoms with Gasteiger partial charge >= 0.3 is 0 Å². The summed E-state index contributed by atoms with van der Waals surface area (Å²) in [5.41, 5.74) is 3.92. The first-order valence-electron chi connectivity index (χ1n) is 11.6. The Morgan fingerprint density at radius 2 is 1.88 bits per heavy atom. The molecule has 0 radical (unpaired) electrons. The van der Waals surface area contributed by atoms with Crippen molar-refractivity contribution in [2.24, 2.45) is 23.7 Å². The number of rotatable bonds is 5. The Labute approximate surface area is 193 Å². The highest BCUT2D eigenvalue weighted by Gasteiger charge is 2.48. The van der Waals surface area contributed by atoms with Crippen LogP contribution in [0.2, 0.25) is 0 Å². The number of carbonyl (C=O) groups is 1. The van der Waals surface area contributed by atoms with E-state index in [0.29, 0.717) is 30.5 Å². The number of carbonyl (C=O) groups excluding carboxylic acids is 1. The Morgan fingerprint density at radius 3 is 2.61 bits per heavy atom. The van der Waals surface area contributed by atoms with Crippen molar-refractivity contribution in [1.29, 1.82) is 0 Å². The molecule has 2 aliphatic rings. The third kappa shape index (κ3) is 3.87. The lowest BCUT2D eigenvalue weighted by atomic mass is 9.89. The third-order valence-electron chi connectivity index (χ3n) is 7.68. The van der Waals surface area contributed by atoms with E-state index >= 15 is 0 Å². The maximum Gasteiger partial charge on any atom is 0.253 e. The van der Waals surface area contributed by atoms with E-state index in [9.17, 15) is 15.0 Å². The van der Waals surface area contributed by atoms with Crippen molar-refractivity contribution in [1.82, 2.24) is 9.88 Å². The second kappa shape index (κ2) is 8.76. The number of pyridine rings is 1. The van der Waals surface area contributed by atoms with Gasteiger partial charge in [0.15, 0.2) is 0 Å². The van der Waals surface area contributed by atoms with Crippen molar-refractivity contribution in [3.63, 3.8) is 0 Å². The minimum atomic E-state index is 0.0443. The highest BCUT2D eigenvalue weighted by atomic mass is 16.5. The molecule has 33 heavy (non-hydrogen) atoms. The molecule has 2 fully saturated rings. The van der Waals surface area contributed by atoms with Crippen LogP contribution >= 0.6 is 0 Å².